The summed E-state index contributed by atoms with van der Waals surface area (Å²) < 4.78 is 0. The molecule has 2 aromatic carbocycles. The summed E-state index contributed by atoms with van der Waals surface area (Å²) in [6.07, 6.45) is 2.78. The third-order valence-electron chi connectivity index (χ3n) is 5.52. The number of aromatic hydroxyl groups is 2. The van der Waals surface area contributed by atoms with Gasteiger partial charge in [-0.1, -0.05) is 67.2 Å². The Labute approximate surface area is 180 Å². The smallest absolute Gasteiger partial charge is 0.152 e. The van der Waals surface area contributed by atoms with Crippen molar-refractivity contribution in [2.45, 2.75) is 45.4 Å². The van der Waals surface area contributed by atoms with Crippen molar-refractivity contribution in [2.24, 2.45) is 11.3 Å². The van der Waals surface area contributed by atoms with Crippen molar-refractivity contribution in [1.29, 1.82) is 0 Å². The van der Waals surface area contributed by atoms with Crippen molar-refractivity contribution in [3.05, 3.63) is 55.5 Å². The molecule has 1 atom stereocenters. The molecule has 1 aliphatic rings. The van der Waals surface area contributed by atoms with E-state index in [4.69, 9.17) is 46.4 Å². The van der Waals surface area contributed by atoms with E-state index in [1.165, 1.54) is 0 Å². The maximum absolute atomic E-state index is 10.0. The topological polar surface area (TPSA) is 40.5 Å². The zero-order chi connectivity index (χ0) is 20.1. The molecule has 0 amide bonds. The van der Waals surface area contributed by atoms with Crippen molar-refractivity contribution in [3.8, 4) is 11.5 Å². The van der Waals surface area contributed by atoms with Gasteiger partial charge in [-0.2, -0.15) is 0 Å². The van der Waals surface area contributed by atoms with Gasteiger partial charge in [0.25, 0.3) is 0 Å². The van der Waals surface area contributed by atoms with Crippen LogP contribution >= 0.6 is 46.4 Å². The molecule has 0 aromatic heterocycles. The summed E-state index contributed by atoms with van der Waals surface area (Å²) in [5, 5.41) is 20.9. The van der Waals surface area contributed by atoms with Crippen molar-refractivity contribution >= 4 is 46.4 Å². The van der Waals surface area contributed by atoms with Crippen LogP contribution in [0.2, 0.25) is 20.1 Å². The molecule has 2 aromatic rings. The molecule has 0 aliphatic heterocycles. The highest BCUT2D eigenvalue weighted by Gasteiger charge is 2.46. The molecule has 1 fully saturated rings. The summed E-state index contributed by atoms with van der Waals surface area (Å²) in [4.78, 5) is 0. The number of phenols is 2. The minimum atomic E-state index is -0.441. The maximum Gasteiger partial charge on any atom is 0.152 e. The van der Waals surface area contributed by atoms with Crippen LogP contribution in [0.5, 0.6) is 11.5 Å². The molecule has 6 heteroatoms. The van der Waals surface area contributed by atoms with Crippen LogP contribution in [-0.4, -0.2) is 10.2 Å². The van der Waals surface area contributed by atoms with Gasteiger partial charge in [0.05, 0.1) is 20.1 Å². The molecular formula is C21H22Cl4O2. The molecule has 146 valence electrons. The number of phenolic OH excluding ortho intramolecular Hbond substituents is 2. The minimum Gasteiger partial charge on any atom is -0.505 e. The Hall–Kier alpha value is -0.800. The fourth-order valence-corrected chi connectivity index (χ4v) is 5.84. The van der Waals surface area contributed by atoms with Crippen molar-refractivity contribution in [2.75, 3.05) is 0 Å². The van der Waals surface area contributed by atoms with Gasteiger partial charge in [-0.05, 0) is 66.0 Å². The first-order chi connectivity index (χ1) is 12.4. The molecule has 1 unspecified atom stereocenters. The predicted octanol–water partition coefficient (Wildman–Crippen LogP) is 7.84. The van der Waals surface area contributed by atoms with Crippen LogP contribution in [0.15, 0.2) is 24.3 Å². The Morgan fingerprint density at radius 1 is 0.778 bits per heavy atom. The second kappa shape index (κ2) is 7.22. The number of hydrogen-bond acceptors (Lipinski definition) is 2. The molecule has 0 saturated heterocycles. The molecule has 0 spiro atoms. The fourth-order valence-electron chi connectivity index (χ4n) is 4.86. The third-order valence-corrected chi connectivity index (χ3v) is 6.67. The summed E-state index contributed by atoms with van der Waals surface area (Å²) >= 11 is 25.0. The summed E-state index contributed by atoms with van der Waals surface area (Å²) in [6.45, 7) is 6.71. The number of rotatable bonds is 2. The molecule has 1 aliphatic carbocycles. The van der Waals surface area contributed by atoms with E-state index in [2.05, 4.69) is 20.8 Å². The van der Waals surface area contributed by atoms with Gasteiger partial charge < -0.3 is 10.2 Å². The quantitative estimate of drug-likeness (QED) is 0.491. The Kier molecular flexibility index (Phi) is 5.60. The van der Waals surface area contributed by atoms with Gasteiger partial charge in [-0.3, -0.25) is 0 Å². The van der Waals surface area contributed by atoms with Crippen LogP contribution in [0.4, 0.5) is 0 Å². The van der Waals surface area contributed by atoms with Crippen LogP contribution in [0.25, 0.3) is 0 Å². The van der Waals surface area contributed by atoms with Crippen molar-refractivity contribution < 1.29 is 10.2 Å². The fraction of sp³-hybridized carbons (Fsp3) is 0.429. The number of hydrogen-bond donors (Lipinski definition) is 2. The average Bonchev–Trinajstić information content (AvgIpc) is 2.54. The maximum atomic E-state index is 10.0. The van der Waals surface area contributed by atoms with Crippen LogP contribution in [0.1, 0.15) is 51.2 Å². The zero-order valence-electron chi connectivity index (χ0n) is 15.4. The summed E-state index contributed by atoms with van der Waals surface area (Å²) in [6, 6.07) is 7.08. The normalized spacial score (nSPS) is 21.2. The molecule has 0 bridgehead atoms. The lowest BCUT2D eigenvalue weighted by Gasteiger charge is -2.49. The third kappa shape index (κ3) is 3.87. The Morgan fingerprint density at radius 2 is 1.15 bits per heavy atom. The Morgan fingerprint density at radius 3 is 1.48 bits per heavy atom. The summed E-state index contributed by atoms with van der Waals surface area (Å²) in [5.74, 6) is 0.190. The van der Waals surface area contributed by atoms with E-state index in [1.807, 2.05) is 0 Å². The van der Waals surface area contributed by atoms with Crippen LogP contribution in [-0.2, 0) is 5.41 Å². The van der Waals surface area contributed by atoms with Crippen LogP contribution < -0.4 is 0 Å². The standard InChI is InChI=1S/C21H22Cl4O2/c1-11-8-20(2,3)10-21(9-11,12-4-14(22)18(26)15(23)5-12)13-6-16(24)19(27)17(25)7-13/h4-7,11,26-27H,8-10H2,1-3H3. The van der Waals surface area contributed by atoms with Crippen LogP contribution in [0.3, 0.4) is 0 Å². The van der Waals surface area contributed by atoms with E-state index in [1.54, 1.807) is 24.3 Å². The van der Waals surface area contributed by atoms with Crippen LogP contribution in [0, 0.1) is 11.3 Å². The van der Waals surface area contributed by atoms with E-state index in [-0.39, 0.29) is 37.0 Å². The van der Waals surface area contributed by atoms with Gasteiger partial charge >= 0.3 is 0 Å². The first-order valence-corrected chi connectivity index (χ1v) is 10.3. The van der Waals surface area contributed by atoms with E-state index in [0.717, 1.165) is 30.4 Å². The molecule has 3 rings (SSSR count). The molecule has 1 saturated carbocycles. The second-order valence-corrected chi connectivity index (χ2v) is 10.1. The van der Waals surface area contributed by atoms with Gasteiger partial charge in [0.2, 0.25) is 0 Å². The van der Waals surface area contributed by atoms with Gasteiger partial charge in [0.1, 0.15) is 0 Å². The number of halogens is 4. The largest absolute Gasteiger partial charge is 0.505 e. The van der Waals surface area contributed by atoms with Gasteiger partial charge in [0.15, 0.2) is 11.5 Å². The Bertz CT molecular complexity index is 788. The first-order valence-electron chi connectivity index (χ1n) is 8.82. The second-order valence-electron chi connectivity index (χ2n) is 8.51. The van der Waals surface area contributed by atoms with E-state index >= 15 is 0 Å². The van der Waals surface area contributed by atoms with E-state index in [0.29, 0.717) is 5.92 Å². The SMILES string of the molecule is CC1CC(C)(C)CC(c2cc(Cl)c(O)c(Cl)c2)(c2cc(Cl)c(O)c(Cl)c2)C1. The molecular weight excluding hydrogens is 426 g/mol. The van der Waals surface area contributed by atoms with Gasteiger partial charge in [-0.15, -0.1) is 0 Å². The molecule has 0 radical (unpaired) electrons. The molecule has 2 N–H and O–H groups in total. The molecule has 2 nitrogen and oxygen atoms in total. The van der Waals surface area contributed by atoms with Gasteiger partial charge in [-0.25, -0.2) is 0 Å². The lowest BCUT2D eigenvalue weighted by Crippen LogP contribution is -2.41. The monoisotopic (exact) mass is 446 g/mol. The predicted molar refractivity (Wildman–Crippen MR) is 114 cm³/mol. The molecule has 27 heavy (non-hydrogen) atoms. The van der Waals surface area contributed by atoms with Crippen molar-refractivity contribution in [1.82, 2.24) is 0 Å². The van der Waals surface area contributed by atoms with E-state index in [9.17, 15) is 10.2 Å². The highest BCUT2D eigenvalue weighted by Crippen LogP contribution is 2.55. The lowest BCUT2D eigenvalue weighted by molar-refractivity contribution is 0.127. The minimum absolute atomic E-state index is 0.0609. The summed E-state index contributed by atoms with van der Waals surface area (Å²) in [5.41, 5.74) is 1.44. The van der Waals surface area contributed by atoms with E-state index < -0.39 is 5.41 Å². The Balaban J connectivity index is 2.31. The highest BCUT2D eigenvalue weighted by atomic mass is 35.5. The van der Waals surface area contributed by atoms with Crippen molar-refractivity contribution in [3.63, 3.8) is 0 Å². The lowest BCUT2D eigenvalue weighted by atomic mass is 9.55. The summed E-state index contributed by atoms with van der Waals surface area (Å²) in [7, 11) is 0. The highest BCUT2D eigenvalue weighted by molar-refractivity contribution is 6.37. The average molecular weight is 448 g/mol. The van der Waals surface area contributed by atoms with Gasteiger partial charge in [0, 0.05) is 5.41 Å². The molecule has 0 heterocycles. The first kappa shape index (κ1) is 20.9. The zero-order valence-corrected chi connectivity index (χ0v) is 18.4. The number of benzene rings is 2.